The Kier molecular flexibility index (Phi) is 10.7. The molecule has 0 aromatic heterocycles. The number of nitrogens with one attached hydrogen (secondary N) is 1. The summed E-state index contributed by atoms with van der Waals surface area (Å²) >= 11 is -2.27. The van der Waals surface area contributed by atoms with E-state index in [2.05, 4.69) is 5.32 Å². The summed E-state index contributed by atoms with van der Waals surface area (Å²) < 4.78 is 26.8. The van der Waals surface area contributed by atoms with Gasteiger partial charge in [0.2, 0.25) is 5.91 Å². The molecule has 0 saturated carbocycles. The Morgan fingerprint density at radius 3 is 2.36 bits per heavy atom. The van der Waals surface area contributed by atoms with E-state index in [9.17, 15) is 28.4 Å². The molecule has 0 aliphatic rings. The van der Waals surface area contributed by atoms with Crippen LogP contribution in [0.25, 0.3) is 0 Å². The molecular weight excluding hydrogens is 483 g/mol. The molecule has 0 heterocycles. The zero-order valence-electron chi connectivity index (χ0n) is 21.4. The molecule has 2 aromatic carbocycles. The Morgan fingerprint density at radius 1 is 1.08 bits per heavy atom. The maximum atomic E-state index is 12.5. The third kappa shape index (κ3) is 9.05. The van der Waals surface area contributed by atoms with Crippen molar-refractivity contribution in [3.63, 3.8) is 0 Å². The van der Waals surface area contributed by atoms with Crippen LogP contribution in [-0.4, -0.2) is 55.5 Å². The highest BCUT2D eigenvalue weighted by Crippen LogP contribution is 2.22. The second-order valence-electron chi connectivity index (χ2n) is 9.57. The van der Waals surface area contributed by atoms with E-state index >= 15 is 0 Å². The lowest BCUT2D eigenvalue weighted by molar-refractivity contribution is -0.116. The van der Waals surface area contributed by atoms with Crippen LogP contribution in [0.2, 0.25) is 0 Å². The van der Waals surface area contributed by atoms with E-state index in [1.54, 1.807) is 45.0 Å². The normalized spacial score (nSPS) is 12.1. The van der Waals surface area contributed by atoms with Crippen LogP contribution in [0.3, 0.4) is 0 Å². The van der Waals surface area contributed by atoms with E-state index < -0.39 is 29.9 Å². The highest BCUT2D eigenvalue weighted by molar-refractivity contribution is 7.79. The SMILES string of the molecule is CCc1cc(B(O)O)ccc1CCCC(=O)Nc1ccc(S(=O)O)c(CN(C)C(=O)OC(C)(C)C)c1. The van der Waals surface area contributed by atoms with Crippen LogP contribution < -0.4 is 10.8 Å². The van der Waals surface area contributed by atoms with E-state index in [-0.39, 0.29) is 23.8 Å². The van der Waals surface area contributed by atoms with Gasteiger partial charge in [0.05, 0.1) is 11.4 Å². The Bertz CT molecular complexity index is 1100. The highest BCUT2D eigenvalue weighted by atomic mass is 32.2. The van der Waals surface area contributed by atoms with Gasteiger partial charge in [-0.15, -0.1) is 0 Å². The van der Waals surface area contributed by atoms with Crippen LogP contribution in [0.15, 0.2) is 41.3 Å². The van der Waals surface area contributed by atoms with Crippen LogP contribution in [-0.2, 0) is 40.0 Å². The number of hydrogen-bond donors (Lipinski definition) is 4. The summed E-state index contributed by atoms with van der Waals surface area (Å²) in [4.78, 5) is 26.3. The number of nitrogens with zero attached hydrogens (tertiary/aromatic N) is 1. The molecule has 0 fully saturated rings. The number of hydrogen-bond acceptors (Lipinski definition) is 6. The van der Waals surface area contributed by atoms with E-state index in [0.29, 0.717) is 29.6 Å². The number of benzene rings is 2. The van der Waals surface area contributed by atoms with Crippen molar-refractivity contribution in [3.05, 3.63) is 53.1 Å². The molecule has 11 heteroatoms. The van der Waals surface area contributed by atoms with Crippen LogP contribution in [0.1, 0.15) is 57.2 Å². The van der Waals surface area contributed by atoms with Crippen molar-refractivity contribution in [3.8, 4) is 0 Å². The fourth-order valence-corrected chi connectivity index (χ4v) is 4.19. The van der Waals surface area contributed by atoms with Crippen LogP contribution in [0, 0.1) is 0 Å². The molecule has 0 aliphatic heterocycles. The fourth-order valence-electron chi connectivity index (χ4n) is 3.65. The van der Waals surface area contributed by atoms with Gasteiger partial charge < -0.3 is 29.6 Å². The van der Waals surface area contributed by atoms with Gasteiger partial charge in [-0.05, 0) is 80.4 Å². The van der Waals surface area contributed by atoms with Crippen molar-refractivity contribution in [2.45, 2.75) is 70.4 Å². The Morgan fingerprint density at radius 2 is 1.78 bits per heavy atom. The number of carbonyl (C=O) groups excluding carboxylic acids is 2. The number of carbonyl (C=O) groups is 2. The number of anilines is 1. The Balaban J connectivity index is 2.03. The summed E-state index contributed by atoms with van der Waals surface area (Å²) in [6.07, 6.45) is 1.68. The first-order valence-electron chi connectivity index (χ1n) is 11.8. The molecule has 196 valence electrons. The Hall–Kier alpha value is -2.73. The number of aryl methyl sites for hydroxylation is 2. The number of ether oxygens (including phenoxy) is 1. The predicted molar refractivity (Wildman–Crippen MR) is 140 cm³/mol. The maximum absolute atomic E-state index is 12.5. The van der Waals surface area contributed by atoms with Crippen molar-refractivity contribution in [1.29, 1.82) is 0 Å². The summed E-state index contributed by atoms with van der Waals surface area (Å²) in [5.74, 6) is -0.209. The zero-order chi connectivity index (χ0) is 27.0. The van der Waals surface area contributed by atoms with Crippen molar-refractivity contribution in [2.24, 2.45) is 0 Å². The van der Waals surface area contributed by atoms with Crippen molar-refractivity contribution < 1.29 is 33.1 Å². The lowest BCUT2D eigenvalue weighted by Gasteiger charge is -2.25. The van der Waals surface area contributed by atoms with Gasteiger partial charge in [0.1, 0.15) is 5.60 Å². The molecule has 9 nitrogen and oxygen atoms in total. The summed E-state index contributed by atoms with van der Waals surface area (Å²) in [6.45, 7) is 7.26. The molecule has 1 atom stereocenters. The second kappa shape index (κ2) is 13.0. The van der Waals surface area contributed by atoms with Gasteiger partial charge in [-0.2, -0.15) is 0 Å². The quantitative estimate of drug-likeness (QED) is 0.281. The fraction of sp³-hybridized carbons (Fsp3) is 0.440. The Labute approximate surface area is 215 Å². The molecule has 0 aliphatic carbocycles. The van der Waals surface area contributed by atoms with E-state index in [0.717, 1.165) is 17.5 Å². The van der Waals surface area contributed by atoms with E-state index in [1.165, 1.54) is 18.0 Å². The van der Waals surface area contributed by atoms with Crippen molar-refractivity contribution in [1.82, 2.24) is 4.90 Å². The van der Waals surface area contributed by atoms with E-state index in [4.69, 9.17) is 4.74 Å². The van der Waals surface area contributed by atoms with Crippen molar-refractivity contribution in [2.75, 3.05) is 12.4 Å². The molecule has 0 radical (unpaired) electrons. The molecule has 0 saturated heterocycles. The van der Waals surface area contributed by atoms with Gasteiger partial charge in [-0.3, -0.25) is 4.79 Å². The summed E-state index contributed by atoms with van der Waals surface area (Å²) in [5, 5.41) is 21.5. The largest absolute Gasteiger partial charge is 0.488 e. The predicted octanol–water partition coefficient (Wildman–Crippen LogP) is 2.84. The van der Waals surface area contributed by atoms with Gasteiger partial charge in [0.25, 0.3) is 0 Å². The summed E-state index contributed by atoms with van der Waals surface area (Å²) in [6, 6.07) is 9.87. The highest BCUT2D eigenvalue weighted by Gasteiger charge is 2.21. The van der Waals surface area contributed by atoms with Gasteiger partial charge in [-0.25, -0.2) is 9.00 Å². The van der Waals surface area contributed by atoms with E-state index in [1.807, 2.05) is 13.0 Å². The van der Waals surface area contributed by atoms with Gasteiger partial charge in [0.15, 0.2) is 11.1 Å². The minimum absolute atomic E-state index is 0.0264. The average Bonchev–Trinajstić information content (AvgIpc) is 2.77. The molecular formula is C25H35BN2O7S. The molecule has 0 bridgehead atoms. The molecule has 2 aromatic rings. The lowest BCUT2D eigenvalue weighted by atomic mass is 9.78. The third-order valence-electron chi connectivity index (χ3n) is 5.40. The molecule has 0 spiro atoms. The van der Waals surface area contributed by atoms with Crippen molar-refractivity contribution >= 4 is 41.3 Å². The smallest absolute Gasteiger partial charge is 0.444 e. The number of rotatable bonds is 10. The first kappa shape index (κ1) is 29.5. The first-order valence-corrected chi connectivity index (χ1v) is 12.9. The summed E-state index contributed by atoms with van der Waals surface area (Å²) in [5.41, 5.74) is 2.69. The second-order valence-corrected chi connectivity index (χ2v) is 10.5. The molecule has 2 rings (SSSR count). The lowest BCUT2D eigenvalue weighted by Crippen LogP contribution is -2.34. The molecule has 4 N–H and O–H groups in total. The van der Waals surface area contributed by atoms with Gasteiger partial charge >= 0.3 is 13.2 Å². The minimum Gasteiger partial charge on any atom is -0.444 e. The topological polar surface area (TPSA) is 136 Å². The molecule has 1 unspecified atom stereocenters. The number of amides is 2. The minimum atomic E-state index is -2.27. The standard InChI is InChI=1S/C25H35BN2O7S/c1-6-17-14-20(26(31)32)11-10-18(17)8-7-9-23(29)27-21-12-13-22(36(33)34)19(15-21)16-28(5)24(30)35-25(2,3)4/h10-15,31-32H,6-9,16H2,1-5H3,(H,27,29)(H,33,34). The van der Waals surface area contributed by atoms with Crippen LogP contribution in [0.5, 0.6) is 0 Å². The van der Waals surface area contributed by atoms with Crippen LogP contribution in [0.4, 0.5) is 10.5 Å². The first-order chi connectivity index (χ1) is 16.8. The van der Waals surface area contributed by atoms with Crippen LogP contribution >= 0.6 is 0 Å². The molecule has 36 heavy (non-hydrogen) atoms. The van der Waals surface area contributed by atoms with Gasteiger partial charge in [-0.1, -0.05) is 25.1 Å². The summed E-state index contributed by atoms with van der Waals surface area (Å²) in [7, 11) is 0.0143. The third-order valence-corrected chi connectivity index (χ3v) is 6.18. The van der Waals surface area contributed by atoms with Gasteiger partial charge in [0, 0.05) is 19.2 Å². The average molecular weight is 518 g/mol. The monoisotopic (exact) mass is 518 g/mol. The zero-order valence-corrected chi connectivity index (χ0v) is 22.2. The molecule has 2 amide bonds. The maximum Gasteiger partial charge on any atom is 0.488 e.